The molecule has 0 unspecified atom stereocenters. The first-order valence-electron chi connectivity index (χ1n) is 6.15. The Morgan fingerprint density at radius 2 is 2.20 bits per heavy atom. The molecule has 0 spiro atoms. The van der Waals surface area contributed by atoms with E-state index in [0.717, 1.165) is 14.6 Å². The van der Waals surface area contributed by atoms with Crippen molar-refractivity contribution in [3.8, 4) is 0 Å². The van der Waals surface area contributed by atoms with Gasteiger partial charge >= 0.3 is 0 Å². The molecule has 0 radical (unpaired) electrons. The van der Waals surface area contributed by atoms with Crippen LogP contribution in [0.25, 0.3) is 10.1 Å². The number of amides is 1. The van der Waals surface area contributed by atoms with Gasteiger partial charge in [0.1, 0.15) is 4.88 Å². The zero-order valence-electron chi connectivity index (χ0n) is 11.6. The number of nitrogens with two attached hydrogens (primary N) is 1. The van der Waals surface area contributed by atoms with Crippen molar-refractivity contribution in [2.75, 3.05) is 19.4 Å². The van der Waals surface area contributed by atoms with Gasteiger partial charge in [-0.25, -0.2) is 0 Å². The standard InChI is InChI=1S/C14H17BrN2O2S/c1-14(2,19-3)7-17-13(18)12-11(16)9-6-8(15)4-5-10(9)20-12/h4-6H,7,16H2,1-3H3,(H,17,18). The largest absolute Gasteiger partial charge is 0.397 e. The van der Waals surface area contributed by atoms with Crippen LogP contribution in [0.5, 0.6) is 0 Å². The first-order chi connectivity index (χ1) is 9.34. The van der Waals surface area contributed by atoms with Gasteiger partial charge in [-0.15, -0.1) is 11.3 Å². The number of halogens is 1. The van der Waals surface area contributed by atoms with Crippen LogP contribution < -0.4 is 11.1 Å². The van der Waals surface area contributed by atoms with Gasteiger partial charge in [0.2, 0.25) is 0 Å². The number of rotatable bonds is 4. The van der Waals surface area contributed by atoms with Crippen molar-refractivity contribution in [1.29, 1.82) is 0 Å². The van der Waals surface area contributed by atoms with Crippen LogP contribution in [0.15, 0.2) is 22.7 Å². The number of nitrogen functional groups attached to an aromatic ring is 1. The number of nitrogens with one attached hydrogen (secondary N) is 1. The fraction of sp³-hybridized carbons (Fsp3) is 0.357. The molecule has 2 rings (SSSR count). The highest BCUT2D eigenvalue weighted by Gasteiger charge is 2.21. The Kier molecular flexibility index (Phi) is 4.36. The summed E-state index contributed by atoms with van der Waals surface area (Å²) < 4.78 is 7.23. The number of carbonyl (C=O) groups excluding carboxylic acids is 1. The maximum atomic E-state index is 12.2. The van der Waals surface area contributed by atoms with E-state index in [1.165, 1.54) is 11.3 Å². The van der Waals surface area contributed by atoms with Gasteiger partial charge < -0.3 is 15.8 Å². The first-order valence-corrected chi connectivity index (χ1v) is 7.76. The summed E-state index contributed by atoms with van der Waals surface area (Å²) in [5.74, 6) is -0.162. The molecule has 0 aliphatic rings. The fourth-order valence-electron chi connectivity index (χ4n) is 1.70. The van der Waals surface area contributed by atoms with Crippen LogP contribution in [0.1, 0.15) is 23.5 Å². The second kappa shape index (κ2) is 5.71. The smallest absolute Gasteiger partial charge is 0.263 e. The van der Waals surface area contributed by atoms with Gasteiger partial charge in [-0.05, 0) is 32.0 Å². The molecule has 0 saturated heterocycles. The van der Waals surface area contributed by atoms with E-state index in [1.807, 2.05) is 32.0 Å². The number of methoxy groups -OCH3 is 1. The summed E-state index contributed by atoms with van der Waals surface area (Å²) in [6, 6.07) is 5.82. The Morgan fingerprint density at radius 3 is 2.85 bits per heavy atom. The molecule has 2 aromatic rings. The number of carbonyl (C=O) groups is 1. The number of thiophene rings is 1. The SMILES string of the molecule is COC(C)(C)CNC(=O)c1sc2ccc(Br)cc2c1N. The number of fused-ring (bicyclic) bond motifs is 1. The second-order valence-corrected chi connectivity index (χ2v) is 7.10. The summed E-state index contributed by atoms with van der Waals surface area (Å²) in [5.41, 5.74) is 6.21. The Hall–Kier alpha value is -1.11. The lowest BCUT2D eigenvalue weighted by molar-refractivity contribution is 0.0229. The summed E-state index contributed by atoms with van der Waals surface area (Å²) in [6.45, 7) is 4.26. The van der Waals surface area contributed by atoms with Crippen LogP contribution in [-0.2, 0) is 4.74 Å². The van der Waals surface area contributed by atoms with E-state index in [2.05, 4.69) is 21.2 Å². The molecular weight excluding hydrogens is 340 g/mol. The summed E-state index contributed by atoms with van der Waals surface area (Å²) >= 11 is 4.81. The average molecular weight is 357 g/mol. The highest BCUT2D eigenvalue weighted by Crippen LogP contribution is 2.35. The van der Waals surface area contributed by atoms with Gasteiger partial charge in [-0.3, -0.25) is 4.79 Å². The molecule has 1 aromatic heterocycles. The monoisotopic (exact) mass is 356 g/mol. The van der Waals surface area contributed by atoms with Crippen molar-refractivity contribution >= 4 is 48.9 Å². The Balaban J connectivity index is 2.25. The van der Waals surface area contributed by atoms with Crippen molar-refractivity contribution in [3.05, 3.63) is 27.5 Å². The molecule has 1 aromatic carbocycles. The minimum atomic E-state index is -0.399. The third-order valence-corrected chi connectivity index (χ3v) is 4.80. The summed E-state index contributed by atoms with van der Waals surface area (Å²) in [6.07, 6.45) is 0. The lowest BCUT2D eigenvalue weighted by Crippen LogP contribution is -2.39. The topological polar surface area (TPSA) is 64.3 Å². The Morgan fingerprint density at radius 1 is 1.50 bits per heavy atom. The summed E-state index contributed by atoms with van der Waals surface area (Å²) in [4.78, 5) is 12.8. The third-order valence-electron chi connectivity index (χ3n) is 3.12. The maximum Gasteiger partial charge on any atom is 0.263 e. The minimum Gasteiger partial charge on any atom is -0.397 e. The molecule has 3 N–H and O–H groups in total. The van der Waals surface area contributed by atoms with Crippen LogP contribution in [0.3, 0.4) is 0 Å². The van der Waals surface area contributed by atoms with E-state index in [-0.39, 0.29) is 5.91 Å². The molecule has 0 aliphatic carbocycles. The summed E-state index contributed by atoms with van der Waals surface area (Å²) in [5, 5.41) is 3.76. The molecule has 0 fully saturated rings. The Bertz CT molecular complexity index is 652. The Labute approximate surface area is 130 Å². The van der Waals surface area contributed by atoms with Crippen LogP contribution in [0.4, 0.5) is 5.69 Å². The van der Waals surface area contributed by atoms with Gasteiger partial charge in [-0.1, -0.05) is 15.9 Å². The molecule has 4 nitrogen and oxygen atoms in total. The highest BCUT2D eigenvalue weighted by molar-refractivity contribution is 9.10. The normalized spacial score (nSPS) is 11.8. The molecule has 0 aliphatic heterocycles. The fourth-order valence-corrected chi connectivity index (χ4v) is 3.08. The van der Waals surface area contributed by atoms with Crippen molar-refractivity contribution in [2.45, 2.75) is 19.4 Å². The maximum absolute atomic E-state index is 12.2. The van der Waals surface area contributed by atoms with Gasteiger partial charge in [0.05, 0.1) is 11.3 Å². The van der Waals surface area contributed by atoms with Crippen LogP contribution in [0.2, 0.25) is 0 Å². The van der Waals surface area contributed by atoms with Crippen molar-refractivity contribution < 1.29 is 9.53 Å². The molecular formula is C14H17BrN2O2S. The molecule has 0 atom stereocenters. The minimum absolute atomic E-state index is 0.162. The van der Waals surface area contributed by atoms with Crippen molar-refractivity contribution in [1.82, 2.24) is 5.32 Å². The van der Waals surface area contributed by atoms with Gasteiger partial charge in [0.15, 0.2) is 0 Å². The van der Waals surface area contributed by atoms with Crippen LogP contribution >= 0.6 is 27.3 Å². The van der Waals surface area contributed by atoms with E-state index in [1.54, 1.807) is 7.11 Å². The zero-order chi connectivity index (χ0) is 14.9. The van der Waals surface area contributed by atoms with E-state index in [9.17, 15) is 4.79 Å². The van der Waals surface area contributed by atoms with E-state index >= 15 is 0 Å². The lowest BCUT2D eigenvalue weighted by Gasteiger charge is -2.22. The quantitative estimate of drug-likeness (QED) is 0.882. The first kappa shape index (κ1) is 15.3. The number of anilines is 1. The second-order valence-electron chi connectivity index (χ2n) is 5.13. The molecule has 1 heterocycles. The van der Waals surface area contributed by atoms with Crippen LogP contribution in [0, 0.1) is 0 Å². The predicted molar refractivity (Wildman–Crippen MR) is 87.4 cm³/mol. The highest BCUT2D eigenvalue weighted by atomic mass is 79.9. The molecule has 108 valence electrons. The number of hydrogen-bond donors (Lipinski definition) is 2. The van der Waals surface area contributed by atoms with Crippen molar-refractivity contribution in [3.63, 3.8) is 0 Å². The summed E-state index contributed by atoms with van der Waals surface area (Å²) in [7, 11) is 1.62. The van der Waals surface area contributed by atoms with Gasteiger partial charge in [0.25, 0.3) is 5.91 Å². The molecule has 0 bridgehead atoms. The van der Waals surface area contributed by atoms with Gasteiger partial charge in [0, 0.05) is 28.2 Å². The lowest BCUT2D eigenvalue weighted by atomic mass is 10.1. The number of ether oxygens (including phenoxy) is 1. The number of benzene rings is 1. The molecule has 0 saturated carbocycles. The van der Waals surface area contributed by atoms with Gasteiger partial charge in [-0.2, -0.15) is 0 Å². The van der Waals surface area contributed by atoms with E-state index in [4.69, 9.17) is 10.5 Å². The third kappa shape index (κ3) is 3.13. The van der Waals surface area contributed by atoms with E-state index in [0.29, 0.717) is 17.1 Å². The zero-order valence-corrected chi connectivity index (χ0v) is 14.0. The average Bonchev–Trinajstić information content (AvgIpc) is 2.74. The predicted octanol–water partition coefficient (Wildman–Crippen LogP) is 3.40. The van der Waals surface area contributed by atoms with E-state index < -0.39 is 5.60 Å². The molecule has 1 amide bonds. The van der Waals surface area contributed by atoms with Crippen LogP contribution in [-0.4, -0.2) is 25.2 Å². The number of hydrogen-bond acceptors (Lipinski definition) is 4. The molecule has 20 heavy (non-hydrogen) atoms. The molecule has 6 heteroatoms. The van der Waals surface area contributed by atoms with Crippen molar-refractivity contribution in [2.24, 2.45) is 0 Å².